The predicted molar refractivity (Wildman–Crippen MR) is 109 cm³/mol. The Morgan fingerprint density at radius 3 is 2.68 bits per heavy atom. The number of likely N-dealkylation sites (tertiary alicyclic amines) is 1. The monoisotopic (exact) mass is 480 g/mol. The smallest absolute Gasteiger partial charge is 0.289 e. The molecule has 2 atom stereocenters. The third kappa shape index (κ3) is 3.65. The highest BCUT2D eigenvalue weighted by atomic mass is 19.3. The summed E-state index contributed by atoms with van der Waals surface area (Å²) >= 11 is 0. The van der Waals surface area contributed by atoms with Gasteiger partial charge in [-0.05, 0) is 18.9 Å². The van der Waals surface area contributed by atoms with Crippen molar-refractivity contribution in [3.8, 4) is 11.4 Å². The van der Waals surface area contributed by atoms with Crippen LogP contribution in [-0.4, -0.2) is 65.7 Å². The van der Waals surface area contributed by atoms with E-state index < -0.39 is 36.4 Å². The van der Waals surface area contributed by atoms with Crippen LogP contribution >= 0.6 is 0 Å². The molecule has 1 amide bonds. The lowest BCUT2D eigenvalue weighted by Gasteiger charge is -2.29. The van der Waals surface area contributed by atoms with Crippen LogP contribution in [0.2, 0.25) is 0 Å². The van der Waals surface area contributed by atoms with Gasteiger partial charge in [0.15, 0.2) is 11.5 Å². The minimum atomic E-state index is -3.43. The van der Waals surface area contributed by atoms with Crippen molar-refractivity contribution < 1.29 is 31.9 Å². The number of amides is 1. The normalized spacial score (nSPS) is 17.7. The van der Waals surface area contributed by atoms with Crippen molar-refractivity contribution in [1.29, 1.82) is 0 Å². The van der Waals surface area contributed by atoms with Crippen molar-refractivity contribution >= 4 is 22.5 Å². The number of hydrogen-bond acceptors (Lipinski definition) is 5. The molecule has 2 unspecified atom stereocenters. The van der Waals surface area contributed by atoms with E-state index in [9.17, 15) is 31.9 Å². The quantitative estimate of drug-likeness (QED) is 0.453. The highest BCUT2D eigenvalue weighted by Crippen LogP contribution is 2.33. The molecule has 0 radical (unpaired) electrons. The standard InChI is InChI=1S/C21H17F5N6O2/c22-10-4-13(23)20-28-7-16(31(20)8-10)17-12-6-27-14(21(34)30-3-1-2-11(33)9-30)5-15(12)32(29-17)19(26)18(24)25/h4-8,11,18-19,33H,1-3,9H2. The number of imidazole rings is 1. The summed E-state index contributed by atoms with van der Waals surface area (Å²) in [7, 11) is 0. The van der Waals surface area contributed by atoms with E-state index in [1.54, 1.807) is 0 Å². The van der Waals surface area contributed by atoms with Gasteiger partial charge in [0.05, 0.1) is 23.5 Å². The Labute approximate surface area is 188 Å². The zero-order valence-corrected chi connectivity index (χ0v) is 17.4. The van der Waals surface area contributed by atoms with Gasteiger partial charge in [0.25, 0.3) is 18.6 Å². The number of aliphatic hydroxyl groups is 1. The van der Waals surface area contributed by atoms with E-state index in [0.717, 1.165) is 29.1 Å². The number of carbonyl (C=O) groups is 1. The maximum Gasteiger partial charge on any atom is 0.289 e. The molecule has 1 N–H and O–H groups in total. The number of halogens is 5. The number of aromatic nitrogens is 5. The van der Waals surface area contributed by atoms with Crippen molar-refractivity contribution in [1.82, 2.24) is 29.0 Å². The van der Waals surface area contributed by atoms with Crippen LogP contribution in [0.25, 0.3) is 27.9 Å². The lowest BCUT2D eigenvalue weighted by molar-refractivity contribution is 0.00356. The molecule has 13 heteroatoms. The van der Waals surface area contributed by atoms with Crippen LogP contribution in [0.4, 0.5) is 22.0 Å². The highest BCUT2D eigenvalue weighted by molar-refractivity contribution is 5.99. The van der Waals surface area contributed by atoms with Gasteiger partial charge >= 0.3 is 0 Å². The number of hydrogen-bond donors (Lipinski definition) is 1. The van der Waals surface area contributed by atoms with Crippen LogP contribution in [0.1, 0.15) is 29.6 Å². The van der Waals surface area contributed by atoms with Gasteiger partial charge < -0.3 is 10.0 Å². The Kier molecular flexibility index (Phi) is 5.42. The van der Waals surface area contributed by atoms with E-state index in [-0.39, 0.29) is 40.2 Å². The molecule has 1 saturated heterocycles. The van der Waals surface area contributed by atoms with Crippen LogP contribution in [-0.2, 0) is 0 Å². The van der Waals surface area contributed by atoms with Crippen molar-refractivity contribution in [2.45, 2.75) is 31.7 Å². The van der Waals surface area contributed by atoms with Crippen LogP contribution in [0.3, 0.4) is 0 Å². The maximum atomic E-state index is 14.5. The summed E-state index contributed by atoms with van der Waals surface area (Å²) in [5, 5.41) is 13.8. The van der Waals surface area contributed by atoms with Crippen LogP contribution in [0.15, 0.2) is 30.7 Å². The van der Waals surface area contributed by atoms with Crippen molar-refractivity contribution in [3.63, 3.8) is 0 Å². The number of rotatable bonds is 4. The van der Waals surface area contributed by atoms with Crippen molar-refractivity contribution in [3.05, 3.63) is 48.1 Å². The van der Waals surface area contributed by atoms with Crippen LogP contribution in [0, 0.1) is 11.6 Å². The first-order chi connectivity index (χ1) is 16.2. The predicted octanol–water partition coefficient (Wildman–Crippen LogP) is 3.35. The van der Waals surface area contributed by atoms with Gasteiger partial charge in [0, 0.05) is 36.9 Å². The third-order valence-electron chi connectivity index (χ3n) is 5.71. The van der Waals surface area contributed by atoms with E-state index in [1.165, 1.54) is 4.90 Å². The molecule has 5 heterocycles. The first-order valence-corrected chi connectivity index (χ1v) is 10.3. The minimum absolute atomic E-state index is 0.0126. The zero-order chi connectivity index (χ0) is 24.1. The number of nitrogens with zero attached hydrogens (tertiary/aromatic N) is 6. The number of pyridine rings is 2. The van der Waals surface area contributed by atoms with Crippen molar-refractivity contribution in [2.75, 3.05) is 13.1 Å². The number of β-amino-alcohol motifs (C(OH)–C–C–N with tert-alkyl or cyclic N) is 1. The first kappa shape index (κ1) is 22.2. The van der Waals surface area contributed by atoms with E-state index in [0.29, 0.717) is 30.1 Å². The largest absolute Gasteiger partial charge is 0.391 e. The summed E-state index contributed by atoms with van der Waals surface area (Å²) in [6.07, 6.45) is -2.62. The Bertz CT molecular complexity index is 1400. The van der Waals surface area contributed by atoms with Gasteiger partial charge in [-0.25, -0.2) is 31.6 Å². The molecule has 5 rings (SSSR count). The van der Waals surface area contributed by atoms with Crippen LogP contribution in [0.5, 0.6) is 0 Å². The van der Waals surface area contributed by atoms with E-state index in [1.807, 2.05) is 0 Å². The van der Waals surface area contributed by atoms with E-state index in [2.05, 4.69) is 15.1 Å². The van der Waals surface area contributed by atoms with Gasteiger partial charge in [-0.1, -0.05) is 0 Å². The Hall–Kier alpha value is -3.61. The topological polar surface area (TPSA) is 88.6 Å². The van der Waals surface area contributed by atoms with E-state index >= 15 is 0 Å². The molecule has 4 aromatic heterocycles. The average molecular weight is 480 g/mol. The van der Waals surface area contributed by atoms with Crippen molar-refractivity contribution in [2.24, 2.45) is 0 Å². The molecule has 1 aliphatic rings. The minimum Gasteiger partial charge on any atom is -0.391 e. The Balaban J connectivity index is 1.67. The van der Waals surface area contributed by atoms with Gasteiger partial charge in [-0.3, -0.25) is 14.2 Å². The molecule has 0 aromatic carbocycles. The molecule has 8 nitrogen and oxygen atoms in total. The average Bonchev–Trinajstić information content (AvgIpc) is 3.39. The lowest BCUT2D eigenvalue weighted by atomic mass is 10.1. The number of fused-ring (bicyclic) bond motifs is 2. The van der Waals surface area contributed by atoms with Crippen LogP contribution < -0.4 is 0 Å². The molecule has 0 aliphatic carbocycles. The highest BCUT2D eigenvalue weighted by Gasteiger charge is 2.29. The molecule has 178 valence electrons. The summed E-state index contributed by atoms with van der Waals surface area (Å²) in [5.74, 6) is -2.43. The molecule has 1 fully saturated rings. The first-order valence-electron chi connectivity index (χ1n) is 10.3. The number of alkyl halides is 3. The lowest BCUT2D eigenvalue weighted by Crippen LogP contribution is -2.42. The Morgan fingerprint density at radius 2 is 1.94 bits per heavy atom. The molecular weight excluding hydrogens is 463 g/mol. The second-order valence-corrected chi connectivity index (χ2v) is 7.98. The molecule has 1 aliphatic heterocycles. The summed E-state index contributed by atoms with van der Waals surface area (Å²) < 4.78 is 70.4. The number of piperidine rings is 1. The molecule has 0 spiro atoms. The molecule has 0 bridgehead atoms. The summed E-state index contributed by atoms with van der Waals surface area (Å²) in [4.78, 5) is 22.2. The molecule has 4 aromatic rings. The second-order valence-electron chi connectivity index (χ2n) is 7.98. The Morgan fingerprint density at radius 1 is 1.15 bits per heavy atom. The summed E-state index contributed by atoms with van der Waals surface area (Å²) in [6.45, 7) is 0.465. The molecular formula is C21H17F5N6O2. The summed E-state index contributed by atoms with van der Waals surface area (Å²) in [5.41, 5.74) is -0.640. The molecule has 0 saturated carbocycles. The fourth-order valence-corrected chi connectivity index (χ4v) is 4.12. The maximum absolute atomic E-state index is 14.5. The van der Waals surface area contributed by atoms with Gasteiger partial charge in [0.2, 0.25) is 0 Å². The van der Waals surface area contributed by atoms with Gasteiger partial charge in [0.1, 0.15) is 17.2 Å². The second kappa shape index (κ2) is 8.31. The number of aliphatic hydroxyl groups excluding tert-OH is 1. The van der Waals surface area contributed by atoms with E-state index in [4.69, 9.17) is 0 Å². The fraction of sp³-hybridized carbons (Fsp3) is 0.333. The van der Waals surface area contributed by atoms with Gasteiger partial charge in [-0.2, -0.15) is 5.10 Å². The SMILES string of the molecule is O=C(c1cc2c(cn1)c(-c1cnc3c(F)cc(F)cn13)nn2C(F)C(F)F)N1CCCC(O)C1. The third-order valence-corrected chi connectivity index (χ3v) is 5.71. The zero-order valence-electron chi connectivity index (χ0n) is 17.4. The summed E-state index contributed by atoms with van der Waals surface area (Å²) in [6, 6.07) is 1.77. The number of carbonyl (C=O) groups excluding carboxylic acids is 1. The molecule has 34 heavy (non-hydrogen) atoms. The van der Waals surface area contributed by atoms with Gasteiger partial charge in [-0.15, -0.1) is 0 Å². The fourth-order valence-electron chi connectivity index (χ4n) is 4.12.